The Morgan fingerprint density at radius 3 is 2.44 bits per heavy atom. The highest BCUT2D eigenvalue weighted by Gasteiger charge is 2.29. The minimum absolute atomic E-state index is 0.0610. The van der Waals surface area contributed by atoms with E-state index in [2.05, 4.69) is 29.0 Å². The van der Waals surface area contributed by atoms with Crippen molar-refractivity contribution in [3.8, 4) is 16.2 Å². The first-order valence-corrected chi connectivity index (χ1v) is 12.0. The summed E-state index contributed by atoms with van der Waals surface area (Å²) in [6, 6.07) is 16.1. The van der Waals surface area contributed by atoms with Crippen LogP contribution in [0.1, 0.15) is 15.2 Å². The molecule has 2 aromatic carbocycles. The number of carbonyl (C=O) groups excluding carboxylic acids is 1. The fraction of sp³-hybridized carbons (Fsp3) is 0.320. The minimum atomic E-state index is 0.0610. The largest absolute Gasteiger partial charge is 0.495 e. The van der Waals surface area contributed by atoms with Gasteiger partial charge < -0.3 is 19.4 Å². The molecule has 0 spiro atoms. The van der Waals surface area contributed by atoms with Crippen molar-refractivity contribution in [2.24, 2.45) is 0 Å². The zero-order chi connectivity index (χ0) is 22.2. The van der Waals surface area contributed by atoms with Crippen LogP contribution in [0.5, 0.6) is 5.75 Å². The molecule has 0 unspecified atom stereocenters. The predicted octanol–water partition coefficient (Wildman–Crippen LogP) is 5.03. The first-order chi connectivity index (χ1) is 15.5. The Balaban J connectivity index is 1.40. The molecule has 166 valence electrons. The number of methoxy groups -OCH3 is 1. The second-order valence-electron chi connectivity index (χ2n) is 8.33. The van der Waals surface area contributed by atoms with E-state index in [4.69, 9.17) is 16.3 Å². The van der Waals surface area contributed by atoms with Gasteiger partial charge in [-0.25, -0.2) is 0 Å². The number of anilines is 2. The van der Waals surface area contributed by atoms with Gasteiger partial charge in [0.05, 0.1) is 17.7 Å². The van der Waals surface area contributed by atoms with Gasteiger partial charge >= 0.3 is 0 Å². The average Bonchev–Trinajstić information content (AvgIpc) is 3.25. The molecule has 2 aliphatic heterocycles. The first-order valence-electron chi connectivity index (χ1n) is 10.9. The molecule has 1 saturated heterocycles. The van der Waals surface area contributed by atoms with E-state index in [1.54, 1.807) is 18.4 Å². The van der Waals surface area contributed by atoms with E-state index in [1.165, 1.54) is 0 Å². The second-order valence-corrected chi connectivity index (χ2v) is 9.81. The van der Waals surface area contributed by atoms with Gasteiger partial charge in [-0.1, -0.05) is 23.7 Å². The molecule has 0 N–H and O–H groups in total. The zero-order valence-corrected chi connectivity index (χ0v) is 19.9. The number of piperazine rings is 1. The van der Waals surface area contributed by atoms with Crippen molar-refractivity contribution < 1.29 is 9.53 Å². The normalized spacial score (nSPS) is 16.9. The van der Waals surface area contributed by atoms with Gasteiger partial charge in [-0.3, -0.25) is 4.79 Å². The van der Waals surface area contributed by atoms with Crippen molar-refractivity contribution in [2.75, 3.05) is 56.7 Å². The fourth-order valence-electron chi connectivity index (χ4n) is 4.40. The number of carbonyl (C=O) groups is 1. The molecule has 1 amide bonds. The SMILES string of the molecule is COc1cc(N2CCc3cc(-c4ccc(Cl)cc4)sc3C2=O)ccc1N1CCN(C)CC1. The van der Waals surface area contributed by atoms with Gasteiger partial charge in [0, 0.05) is 54.4 Å². The topological polar surface area (TPSA) is 36.0 Å². The highest BCUT2D eigenvalue weighted by molar-refractivity contribution is 7.17. The molecular formula is C25H26ClN3O2S. The first kappa shape index (κ1) is 21.3. The summed E-state index contributed by atoms with van der Waals surface area (Å²) in [5.74, 6) is 0.879. The van der Waals surface area contributed by atoms with Crippen LogP contribution in [0.25, 0.3) is 10.4 Å². The molecule has 0 aliphatic carbocycles. The van der Waals surface area contributed by atoms with Gasteiger partial charge in [0.2, 0.25) is 0 Å². The monoisotopic (exact) mass is 467 g/mol. The number of rotatable bonds is 4. The van der Waals surface area contributed by atoms with Crippen LogP contribution < -0.4 is 14.5 Å². The van der Waals surface area contributed by atoms with Crippen LogP contribution in [0.3, 0.4) is 0 Å². The highest BCUT2D eigenvalue weighted by atomic mass is 35.5. The molecule has 1 aromatic heterocycles. The summed E-state index contributed by atoms with van der Waals surface area (Å²) in [4.78, 5) is 21.9. The number of likely N-dealkylation sites (N-methyl/N-ethyl adjacent to an activating group) is 1. The van der Waals surface area contributed by atoms with E-state index in [-0.39, 0.29) is 5.91 Å². The fourth-order valence-corrected chi connectivity index (χ4v) is 5.69. The Hall–Kier alpha value is -2.54. The number of halogens is 1. The standard InChI is InChI=1S/C25H26ClN3O2S/c1-27-11-13-28(14-12-27)21-8-7-20(16-22(21)31-2)29-10-9-18-15-23(32-24(18)25(29)30)17-3-5-19(26)6-4-17/h3-8,15-16H,9-14H2,1-2H3. The Kier molecular flexibility index (Phi) is 5.84. The molecule has 2 aliphatic rings. The number of hydrogen-bond donors (Lipinski definition) is 0. The molecule has 0 bridgehead atoms. The predicted molar refractivity (Wildman–Crippen MR) is 133 cm³/mol. The molecule has 5 rings (SSSR count). The van der Waals surface area contributed by atoms with E-state index >= 15 is 0 Å². The molecular weight excluding hydrogens is 442 g/mol. The Labute approximate surface area is 197 Å². The number of nitrogens with zero attached hydrogens (tertiary/aromatic N) is 3. The second kappa shape index (κ2) is 8.77. The quantitative estimate of drug-likeness (QED) is 0.539. The Morgan fingerprint density at radius 2 is 1.72 bits per heavy atom. The number of fused-ring (bicyclic) bond motifs is 1. The van der Waals surface area contributed by atoms with Crippen LogP contribution in [-0.4, -0.2) is 57.7 Å². The maximum absolute atomic E-state index is 13.4. The Morgan fingerprint density at radius 1 is 0.969 bits per heavy atom. The third kappa shape index (κ3) is 3.98. The van der Waals surface area contributed by atoms with Crippen molar-refractivity contribution >= 4 is 40.2 Å². The van der Waals surface area contributed by atoms with Gasteiger partial charge in [-0.2, -0.15) is 0 Å². The molecule has 0 radical (unpaired) electrons. The van der Waals surface area contributed by atoms with Gasteiger partial charge in [0.25, 0.3) is 5.91 Å². The van der Waals surface area contributed by atoms with Crippen molar-refractivity contribution in [3.63, 3.8) is 0 Å². The maximum Gasteiger partial charge on any atom is 0.268 e. The number of ether oxygens (including phenoxy) is 1. The van der Waals surface area contributed by atoms with E-state index in [9.17, 15) is 4.79 Å². The third-order valence-corrected chi connectivity index (χ3v) is 7.77. The summed E-state index contributed by atoms with van der Waals surface area (Å²) in [5.41, 5.74) is 4.20. The van der Waals surface area contributed by atoms with Gasteiger partial charge in [0.1, 0.15) is 5.75 Å². The molecule has 3 heterocycles. The molecule has 0 saturated carbocycles. The van der Waals surface area contributed by atoms with E-state index in [0.717, 1.165) is 70.6 Å². The van der Waals surface area contributed by atoms with Crippen LogP contribution >= 0.6 is 22.9 Å². The van der Waals surface area contributed by atoms with Gasteiger partial charge in [0.15, 0.2) is 0 Å². The number of hydrogen-bond acceptors (Lipinski definition) is 5. The number of thiophene rings is 1. The van der Waals surface area contributed by atoms with Gasteiger partial charge in [-0.15, -0.1) is 11.3 Å². The lowest BCUT2D eigenvalue weighted by atomic mass is 10.0. The van der Waals surface area contributed by atoms with Crippen LogP contribution in [0, 0.1) is 0 Å². The summed E-state index contributed by atoms with van der Waals surface area (Å²) in [5, 5.41) is 0.714. The molecule has 7 heteroatoms. The van der Waals surface area contributed by atoms with Crippen molar-refractivity contribution in [2.45, 2.75) is 6.42 Å². The summed E-state index contributed by atoms with van der Waals surface area (Å²) in [6.07, 6.45) is 0.841. The molecule has 3 aromatic rings. The lowest BCUT2D eigenvalue weighted by Gasteiger charge is -2.35. The Bertz CT molecular complexity index is 1140. The molecule has 32 heavy (non-hydrogen) atoms. The summed E-state index contributed by atoms with van der Waals surface area (Å²) < 4.78 is 5.73. The lowest BCUT2D eigenvalue weighted by molar-refractivity contribution is 0.0985. The van der Waals surface area contributed by atoms with E-state index in [1.807, 2.05) is 41.3 Å². The highest BCUT2D eigenvalue weighted by Crippen LogP contribution is 2.38. The van der Waals surface area contributed by atoms with Crippen molar-refractivity contribution in [1.82, 2.24) is 4.90 Å². The number of amides is 1. The zero-order valence-electron chi connectivity index (χ0n) is 18.3. The summed E-state index contributed by atoms with van der Waals surface area (Å²) in [7, 11) is 3.85. The average molecular weight is 468 g/mol. The smallest absolute Gasteiger partial charge is 0.268 e. The molecule has 1 fully saturated rings. The molecule has 5 nitrogen and oxygen atoms in total. The van der Waals surface area contributed by atoms with Crippen LogP contribution in [0.2, 0.25) is 5.02 Å². The minimum Gasteiger partial charge on any atom is -0.495 e. The summed E-state index contributed by atoms with van der Waals surface area (Å²) >= 11 is 7.59. The van der Waals surface area contributed by atoms with Crippen molar-refractivity contribution in [3.05, 3.63) is 64.0 Å². The van der Waals surface area contributed by atoms with Gasteiger partial charge in [-0.05, 0) is 54.9 Å². The van der Waals surface area contributed by atoms with Crippen LogP contribution in [-0.2, 0) is 6.42 Å². The maximum atomic E-state index is 13.4. The lowest BCUT2D eigenvalue weighted by Crippen LogP contribution is -2.44. The van der Waals surface area contributed by atoms with E-state index in [0.29, 0.717) is 11.6 Å². The number of benzene rings is 2. The molecule has 0 atom stereocenters. The van der Waals surface area contributed by atoms with E-state index < -0.39 is 0 Å². The third-order valence-electron chi connectivity index (χ3n) is 6.30. The van der Waals surface area contributed by atoms with Crippen LogP contribution in [0.15, 0.2) is 48.5 Å². The van der Waals surface area contributed by atoms with Crippen molar-refractivity contribution in [1.29, 1.82) is 0 Å². The van der Waals surface area contributed by atoms with Crippen LogP contribution in [0.4, 0.5) is 11.4 Å². The summed E-state index contributed by atoms with van der Waals surface area (Å²) in [6.45, 7) is 4.68.